The molecule has 0 atom stereocenters. The van der Waals surface area contributed by atoms with Crippen LogP contribution >= 0.6 is 0 Å². The van der Waals surface area contributed by atoms with Crippen LogP contribution < -0.4 is 0 Å². The van der Waals surface area contributed by atoms with E-state index >= 15 is 0 Å². The highest BCUT2D eigenvalue weighted by molar-refractivity contribution is 5.71. The minimum atomic E-state index is 1.02. The molecule has 1 aromatic heterocycles. The Kier molecular flexibility index (Phi) is 5.79. The first-order valence-electron chi connectivity index (χ1n) is 8.97. The Morgan fingerprint density at radius 3 is 2.29 bits per heavy atom. The van der Waals surface area contributed by atoms with Crippen molar-refractivity contribution < 1.29 is 0 Å². The van der Waals surface area contributed by atoms with Gasteiger partial charge >= 0.3 is 0 Å². The Hall–Kier alpha value is -2.41. The molecule has 24 heavy (non-hydrogen) atoms. The van der Waals surface area contributed by atoms with Crippen LogP contribution in [0.3, 0.4) is 0 Å². The maximum Gasteiger partial charge on any atom is 0.0702 e. The summed E-state index contributed by atoms with van der Waals surface area (Å²) in [5, 5.41) is 0. The predicted molar refractivity (Wildman–Crippen MR) is 103 cm³/mol. The van der Waals surface area contributed by atoms with E-state index in [0.717, 1.165) is 5.69 Å². The lowest BCUT2D eigenvalue weighted by Gasteiger charge is -2.08. The molecule has 0 bridgehead atoms. The maximum atomic E-state index is 4.46. The summed E-state index contributed by atoms with van der Waals surface area (Å²) in [6, 6.07) is 23.7. The van der Waals surface area contributed by atoms with Crippen molar-refractivity contribution in [2.24, 2.45) is 0 Å². The Bertz CT molecular complexity index is 762. The lowest BCUT2D eigenvalue weighted by molar-refractivity contribution is 0.667. The molecule has 0 saturated heterocycles. The Morgan fingerprint density at radius 2 is 1.50 bits per heavy atom. The molecule has 0 unspecified atom stereocenters. The quantitative estimate of drug-likeness (QED) is 0.451. The number of hydrogen-bond acceptors (Lipinski definition) is 1. The Labute approximate surface area is 145 Å². The summed E-state index contributed by atoms with van der Waals surface area (Å²) in [7, 11) is 0. The largest absolute Gasteiger partial charge is 0.256 e. The molecule has 3 aromatic rings. The molecule has 1 heteroatoms. The zero-order chi connectivity index (χ0) is 16.6. The minimum absolute atomic E-state index is 1.02. The van der Waals surface area contributed by atoms with Crippen molar-refractivity contribution in [1.29, 1.82) is 0 Å². The standard InChI is InChI=1S/C23H25N/c1-2-3-4-5-10-19-11-8-12-20(17-19)21-13-9-14-22(18-21)23-15-6-7-16-24-23/h6-9,11-18H,2-5,10H2,1H3. The first-order valence-corrected chi connectivity index (χ1v) is 8.97. The molecule has 0 N–H and O–H groups in total. The van der Waals surface area contributed by atoms with Gasteiger partial charge in [-0.2, -0.15) is 0 Å². The van der Waals surface area contributed by atoms with Crippen LogP contribution in [0.25, 0.3) is 22.4 Å². The second-order valence-corrected chi connectivity index (χ2v) is 6.31. The SMILES string of the molecule is CCCCCCc1cccc(-c2cccc(-c3ccccn3)c2)c1. The van der Waals surface area contributed by atoms with E-state index in [9.17, 15) is 0 Å². The highest BCUT2D eigenvalue weighted by Crippen LogP contribution is 2.26. The number of unbranched alkanes of at least 4 members (excludes halogenated alkanes) is 3. The van der Waals surface area contributed by atoms with Crippen molar-refractivity contribution >= 4 is 0 Å². The summed E-state index contributed by atoms with van der Waals surface area (Å²) < 4.78 is 0. The van der Waals surface area contributed by atoms with Gasteiger partial charge in [0.25, 0.3) is 0 Å². The summed E-state index contributed by atoms with van der Waals surface area (Å²) in [5.74, 6) is 0. The van der Waals surface area contributed by atoms with Crippen molar-refractivity contribution in [3.63, 3.8) is 0 Å². The van der Waals surface area contributed by atoms with Gasteiger partial charge in [-0.05, 0) is 47.7 Å². The van der Waals surface area contributed by atoms with E-state index in [4.69, 9.17) is 0 Å². The van der Waals surface area contributed by atoms with Gasteiger partial charge in [0, 0.05) is 11.8 Å². The number of aromatic nitrogens is 1. The maximum absolute atomic E-state index is 4.46. The first kappa shape index (κ1) is 16.4. The molecule has 2 aromatic carbocycles. The molecule has 1 nitrogen and oxygen atoms in total. The molecule has 122 valence electrons. The third-order valence-electron chi connectivity index (χ3n) is 4.40. The number of nitrogens with zero attached hydrogens (tertiary/aromatic N) is 1. The molecule has 3 rings (SSSR count). The molecular formula is C23H25N. The fraction of sp³-hybridized carbons (Fsp3) is 0.261. The molecule has 0 aliphatic carbocycles. The van der Waals surface area contributed by atoms with E-state index in [1.807, 2.05) is 18.3 Å². The average Bonchev–Trinajstić information content (AvgIpc) is 2.66. The van der Waals surface area contributed by atoms with Gasteiger partial charge in [-0.3, -0.25) is 4.98 Å². The third kappa shape index (κ3) is 4.32. The van der Waals surface area contributed by atoms with Crippen molar-refractivity contribution in [3.8, 4) is 22.4 Å². The number of aryl methyl sites for hydroxylation is 1. The topological polar surface area (TPSA) is 12.9 Å². The van der Waals surface area contributed by atoms with Crippen LogP contribution in [0.2, 0.25) is 0 Å². The van der Waals surface area contributed by atoms with E-state index in [-0.39, 0.29) is 0 Å². The molecular weight excluding hydrogens is 290 g/mol. The molecule has 0 saturated carbocycles. The van der Waals surface area contributed by atoms with E-state index in [1.54, 1.807) is 0 Å². The normalized spacial score (nSPS) is 10.7. The summed E-state index contributed by atoms with van der Waals surface area (Å²) in [5.41, 5.74) is 6.18. The van der Waals surface area contributed by atoms with E-state index in [1.165, 1.54) is 54.4 Å². The highest BCUT2D eigenvalue weighted by atomic mass is 14.7. The zero-order valence-electron chi connectivity index (χ0n) is 14.4. The summed E-state index contributed by atoms with van der Waals surface area (Å²) >= 11 is 0. The average molecular weight is 315 g/mol. The van der Waals surface area contributed by atoms with Gasteiger partial charge in [-0.15, -0.1) is 0 Å². The second kappa shape index (κ2) is 8.44. The van der Waals surface area contributed by atoms with E-state index < -0.39 is 0 Å². The van der Waals surface area contributed by atoms with Gasteiger partial charge in [0.1, 0.15) is 0 Å². The number of hydrogen-bond donors (Lipinski definition) is 0. The van der Waals surface area contributed by atoms with E-state index in [2.05, 4.69) is 66.5 Å². The molecule has 0 amide bonds. The number of benzene rings is 2. The molecule has 0 aliphatic rings. The number of pyridine rings is 1. The van der Waals surface area contributed by atoms with Crippen molar-refractivity contribution in [2.75, 3.05) is 0 Å². The minimum Gasteiger partial charge on any atom is -0.256 e. The summed E-state index contributed by atoms with van der Waals surface area (Å²) in [6.45, 7) is 2.26. The van der Waals surface area contributed by atoms with Crippen LogP contribution in [0.5, 0.6) is 0 Å². The van der Waals surface area contributed by atoms with Crippen LogP contribution in [0, 0.1) is 0 Å². The lowest BCUT2D eigenvalue weighted by atomic mass is 9.98. The van der Waals surface area contributed by atoms with Crippen LogP contribution in [-0.4, -0.2) is 4.98 Å². The van der Waals surface area contributed by atoms with Gasteiger partial charge in [0.2, 0.25) is 0 Å². The predicted octanol–water partition coefficient (Wildman–Crippen LogP) is 6.54. The summed E-state index contributed by atoms with van der Waals surface area (Å²) in [6.07, 6.45) is 8.26. The fourth-order valence-corrected chi connectivity index (χ4v) is 3.05. The van der Waals surface area contributed by atoms with Crippen LogP contribution in [0.4, 0.5) is 0 Å². The van der Waals surface area contributed by atoms with Gasteiger partial charge in [0.05, 0.1) is 5.69 Å². The van der Waals surface area contributed by atoms with Gasteiger partial charge in [-0.25, -0.2) is 0 Å². The van der Waals surface area contributed by atoms with Crippen molar-refractivity contribution in [2.45, 2.75) is 39.0 Å². The van der Waals surface area contributed by atoms with Crippen molar-refractivity contribution in [1.82, 2.24) is 4.98 Å². The molecule has 1 heterocycles. The number of rotatable bonds is 7. The van der Waals surface area contributed by atoms with Gasteiger partial charge in [0.15, 0.2) is 0 Å². The van der Waals surface area contributed by atoms with Gasteiger partial charge < -0.3 is 0 Å². The third-order valence-corrected chi connectivity index (χ3v) is 4.40. The van der Waals surface area contributed by atoms with E-state index in [0.29, 0.717) is 0 Å². The smallest absolute Gasteiger partial charge is 0.0702 e. The fourth-order valence-electron chi connectivity index (χ4n) is 3.05. The lowest BCUT2D eigenvalue weighted by Crippen LogP contribution is -1.88. The monoisotopic (exact) mass is 315 g/mol. The highest BCUT2D eigenvalue weighted by Gasteiger charge is 2.03. The second-order valence-electron chi connectivity index (χ2n) is 6.31. The Balaban J connectivity index is 1.79. The summed E-state index contributed by atoms with van der Waals surface area (Å²) in [4.78, 5) is 4.46. The zero-order valence-corrected chi connectivity index (χ0v) is 14.4. The van der Waals surface area contributed by atoms with Crippen LogP contribution in [-0.2, 0) is 6.42 Å². The molecule has 0 aliphatic heterocycles. The Morgan fingerprint density at radius 1 is 0.708 bits per heavy atom. The van der Waals surface area contributed by atoms with Crippen LogP contribution in [0.1, 0.15) is 38.2 Å². The van der Waals surface area contributed by atoms with Gasteiger partial charge in [-0.1, -0.05) is 74.7 Å². The van der Waals surface area contributed by atoms with Crippen LogP contribution in [0.15, 0.2) is 72.9 Å². The molecule has 0 spiro atoms. The first-order chi connectivity index (χ1) is 11.9. The van der Waals surface area contributed by atoms with Crippen molar-refractivity contribution in [3.05, 3.63) is 78.5 Å². The molecule has 0 fully saturated rings. The molecule has 0 radical (unpaired) electrons.